The number of phenolic OH excluding ortho intramolecular Hbond substituents is 1. The van der Waals surface area contributed by atoms with Crippen molar-refractivity contribution in [3.05, 3.63) is 54.2 Å². The number of hydrogen-bond donors (Lipinski definition) is 2. The molecule has 0 amide bonds. The molecule has 2 aromatic carbocycles. The van der Waals surface area contributed by atoms with E-state index in [0.717, 1.165) is 0 Å². The molecule has 2 heterocycles. The number of aromatic nitrogens is 1. The largest absolute Gasteiger partial charge is 0.507 e. The molecule has 1 aliphatic rings. The number of oxazole rings is 1. The summed E-state index contributed by atoms with van der Waals surface area (Å²) < 4.78 is 15.8. The van der Waals surface area contributed by atoms with Crippen LogP contribution in [0.1, 0.15) is 13.8 Å². The van der Waals surface area contributed by atoms with Crippen molar-refractivity contribution in [3.8, 4) is 17.2 Å². The lowest BCUT2D eigenvalue weighted by atomic mass is 10.1. The fraction of sp³-hybridized carbons (Fsp3) is 0.150. The van der Waals surface area contributed by atoms with Crippen molar-refractivity contribution in [3.63, 3.8) is 0 Å². The predicted molar refractivity (Wildman–Crippen MR) is 99.1 cm³/mol. The van der Waals surface area contributed by atoms with E-state index in [1.54, 1.807) is 24.3 Å². The van der Waals surface area contributed by atoms with Crippen LogP contribution in [0, 0.1) is 0 Å². The number of nitrogens with zero attached hydrogens (tertiary/aromatic N) is 1. The average molecular weight is 380 g/mol. The van der Waals surface area contributed by atoms with Crippen molar-refractivity contribution in [2.75, 3.05) is 5.32 Å². The molecule has 28 heavy (non-hydrogen) atoms. The Balaban J connectivity index is 1.62. The van der Waals surface area contributed by atoms with Crippen molar-refractivity contribution in [1.29, 1.82) is 0 Å². The molecule has 0 bridgehead atoms. The first-order chi connectivity index (χ1) is 13.3. The number of benzene rings is 2. The van der Waals surface area contributed by atoms with Crippen LogP contribution >= 0.6 is 0 Å². The Kier molecular flexibility index (Phi) is 4.03. The summed E-state index contributed by atoms with van der Waals surface area (Å²) in [6.45, 7) is 2.94. The second-order valence-corrected chi connectivity index (χ2v) is 6.60. The number of nitrogens with one attached hydrogen (secondary N) is 1. The summed E-state index contributed by atoms with van der Waals surface area (Å²) in [5, 5.41) is 13.0. The minimum atomic E-state index is -1.30. The number of anilines is 1. The number of aromatic hydroxyl groups is 1. The van der Waals surface area contributed by atoms with Crippen molar-refractivity contribution in [2.45, 2.75) is 19.6 Å². The normalized spacial score (nSPS) is 15.9. The SMILES string of the molecule is CC1(C)OC(=O)C(=CNc2ccc(O)c(-c3nc4ccccc4o3)c2)C(=O)O1. The molecule has 4 rings (SSSR count). The highest BCUT2D eigenvalue weighted by Gasteiger charge is 2.38. The van der Waals surface area contributed by atoms with Crippen LogP contribution in [-0.4, -0.2) is 27.8 Å². The van der Waals surface area contributed by atoms with Gasteiger partial charge in [0, 0.05) is 25.7 Å². The Hall–Kier alpha value is -3.81. The van der Waals surface area contributed by atoms with E-state index in [4.69, 9.17) is 13.9 Å². The standard InChI is InChI=1S/C20H16N2O6/c1-20(2)27-18(24)13(19(25)28-20)10-21-11-7-8-15(23)12(9-11)17-22-14-5-3-4-6-16(14)26-17/h3-10,21,23H,1-2H3. The maximum atomic E-state index is 12.0. The zero-order chi connectivity index (χ0) is 19.9. The number of cyclic esters (lactones) is 2. The van der Waals surface area contributed by atoms with E-state index in [9.17, 15) is 14.7 Å². The second kappa shape index (κ2) is 6.41. The predicted octanol–water partition coefficient (Wildman–Crippen LogP) is 3.33. The number of rotatable bonds is 3. The molecular formula is C20H16N2O6. The average Bonchev–Trinajstić information content (AvgIpc) is 3.05. The highest BCUT2D eigenvalue weighted by atomic mass is 16.7. The Morgan fingerprint density at radius 2 is 1.79 bits per heavy atom. The Labute approximate surface area is 159 Å². The van der Waals surface area contributed by atoms with Gasteiger partial charge in [0.2, 0.25) is 5.89 Å². The number of fused-ring (bicyclic) bond motifs is 1. The molecule has 8 nitrogen and oxygen atoms in total. The number of phenols is 1. The highest BCUT2D eigenvalue weighted by Crippen LogP contribution is 2.33. The summed E-state index contributed by atoms with van der Waals surface area (Å²) in [4.78, 5) is 28.3. The van der Waals surface area contributed by atoms with Gasteiger partial charge in [-0.1, -0.05) is 12.1 Å². The maximum Gasteiger partial charge on any atom is 0.350 e. The summed E-state index contributed by atoms with van der Waals surface area (Å²) in [6, 6.07) is 11.8. The minimum Gasteiger partial charge on any atom is -0.507 e. The topological polar surface area (TPSA) is 111 Å². The fourth-order valence-electron chi connectivity index (χ4n) is 2.72. The maximum absolute atomic E-state index is 12.0. The minimum absolute atomic E-state index is 0.0250. The summed E-state index contributed by atoms with van der Waals surface area (Å²) in [5.41, 5.74) is 1.83. The number of para-hydroxylation sites is 2. The fourth-order valence-corrected chi connectivity index (χ4v) is 2.72. The second-order valence-electron chi connectivity index (χ2n) is 6.60. The molecule has 0 radical (unpaired) electrons. The Bertz CT molecular complexity index is 1070. The first-order valence-electron chi connectivity index (χ1n) is 8.45. The first-order valence-corrected chi connectivity index (χ1v) is 8.45. The lowest BCUT2D eigenvalue weighted by molar-refractivity contribution is -0.222. The molecule has 0 aliphatic carbocycles. The molecule has 1 aliphatic heterocycles. The van der Waals surface area contributed by atoms with E-state index in [2.05, 4.69) is 10.3 Å². The summed E-state index contributed by atoms with van der Waals surface area (Å²) >= 11 is 0. The smallest absolute Gasteiger partial charge is 0.350 e. The number of esters is 2. The van der Waals surface area contributed by atoms with Crippen LogP contribution < -0.4 is 5.32 Å². The Morgan fingerprint density at radius 1 is 1.07 bits per heavy atom. The molecule has 8 heteroatoms. The van der Waals surface area contributed by atoms with Crippen molar-refractivity contribution in [1.82, 2.24) is 4.98 Å². The monoisotopic (exact) mass is 380 g/mol. The first kappa shape index (κ1) is 17.6. The van der Waals surface area contributed by atoms with Crippen LogP contribution in [-0.2, 0) is 19.1 Å². The summed E-state index contributed by atoms with van der Waals surface area (Å²) in [6.07, 6.45) is 1.20. The molecule has 142 valence electrons. The third-order valence-electron chi connectivity index (χ3n) is 4.02. The van der Waals surface area contributed by atoms with E-state index in [0.29, 0.717) is 22.4 Å². The number of carbonyl (C=O) groups excluding carboxylic acids is 2. The van der Waals surface area contributed by atoms with E-state index in [1.807, 2.05) is 12.1 Å². The van der Waals surface area contributed by atoms with Gasteiger partial charge in [-0.3, -0.25) is 0 Å². The molecule has 0 saturated carbocycles. The van der Waals surface area contributed by atoms with Gasteiger partial charge >= 0.3 is 11.9 Å². The van der Waals surface area contributed by atoms with Crippen molar-refractivity contribution < 1.29 is 28.6 Å². The zero-order valence-corrected chi connectivity index (χ0v) is 15.1. The molecular weight excluding hydrogens is 364 g/mol. The molecule has 0 atom stereocenters. The molecule has 0 unspecified atom stereocenters. The molecule has 1 fully saturated rings. The van der Waals surface area contributed by atoms with Crippen LogP contribution in [0.3, 0.4) is 0 Å². The van der Waals surface area contributed by atoms with Gasteiger partial charge in [-0.05, 0) is 30.3 Å². The number of hydrogen-bond acceptors (Lipinski definition) is 8. The van der Waals surface area contributed by atoms with Crippen molar-refractivity contribution >= 4 is 28.7 Å². The highest BCUT2D eigenvalue weighted by molar-refractivity contribution is 6.15. The van der Waals surface area contributed by atoms with Gasteiger partial charge in [-0.25, -0.2) is 14.6 Å². The van der Waals surface area contributed by atoms with E-state index in [-0.39, 0.29) is 17.2 Å². The van der Waals surface area contributed by atoms with Gasteiger partial charge in [0.1, 0.15) is 11.3 Å². The number of carbonyl (C=O) groups is 2. The van der Waals surface area contributed by atoms with E-state index in [1.165, 1.54) is 26.1 Å². The lowest BCUT2D eigenvalue weighted by Crippen LogP contribution is -2.42. The third kappa shape index (κ3) is 3.27. The summed E-state index contributed by atoms with van der Waals surface area (Å²) in [7, 11) is 0. The van der Waals surface area contributed by atoms with E-state index >= 15 is 0 Å². The molecule has 0 spiro atoms. The van der Waals surface area contributed by atoms with Gasteiger partial charge in [0.15, 0.2) is 11.2 Å². The van der Waals surface area contributed by atoms with Gasteiger partial charge < -0.3 is 24.3 Å². The molecule has 2 N–H and O–H groups in total. The lowest BCUT2D eigenvalue weighted by Gasteiger charge is -2.29. The zero-order valence-electron chi connectivity index (χ0n) is 15.1. The van der Waals surface area contributed by atoms with Gasteiger partial charge in [-0.2, -0.15) is 0 Å². The van der Waals surface area contributed by atoms with Crippen LogP contribution in [0.5, 0.6) is 5.75 Å². The quantitative estimate of drug-likeness (QED) is 0.308. The van der Waals surface area contributed by atoms with E-state index < -0.39 is 17.7 Å². The molecule has 3 aromatic rings. The van der Waals surface area contributed by atoms with Crippen LogP contribution in [0.25, 0.3) is 22.6 Å². The van der Waals surface area contributed by atoms with Gasteiger partial charge in [0.25, 0.3) is 5.79 Å². The van der Waals surface area contributed by atoms with Crippen LogP contribution in [0.4, 0.5) is 5.69 Å². The molecule has 1 aromatic heterocycles. The van der Waals surface area contributed by atoms with Gasteiger partial charge in [0.05, 0.1) is 5.56 Å². The van der Waals surface area contributed by atoms with Crippen LogP contribution in [0.15, 0.2) is 58.7 Å². The Morgan fingerprint density at radius 3 is 2.50 bits per heavy atom. The number of ether oxygens (including phenoxy) is 2. The third-order valence-corrected chi connectivity index (χ3v) is 4.02. The molecule has 1 saturated heterocycles. The van der Waals surface area contributed by atoms with Crippen molar-refractivity contribution in [2.24, 2.45) is 0 Å². The summed E-state index contributed by atoms with van der Waals surface area (Å²) in [5.74, 6) is -2.65. The van der Waals surface area contributed by atoms with Gasteiger partial charge in [-0.15, -0.1) is 0 Å². The van der Waals surface area contributed by atoms with Crippen LogP contribution in [0.2, 0.25) is 0 Å².